The number of aromatic nitrogens is 2. The standard InChI is InChI=1S/C19H31N3O.CHN/c1-6-9-11-14(4)12-10-13-16(7-2)22-18-17(8-3)19(23)21-15(5)20-18;1-2/h6,9,11,16H,7-8,10,12-13H2,1-5H3,(H2,20,21,22,23);1H/b9-6-,14-11+;. The zero-order valence-corrected chi connectivity index (χ0v) is 16.2. The molecule has 5 nitrogen and oxygen atoms in total. The molecule has 25 heavy (non-hydrogen) atoms. The first-order chi connectivity index (χ1) is 12.0. The van der Waals surface area contributed by atoms with Crippen LogP contribution in [0.15, 0.2) is 28.6 Å². The fourth-order valence-corrected chi connectivity index (χ4v) is 2.60. The molecular weight excluding hydrogens is 312 g/mol. The molecule has 1 rings (SSSR count). The minimum absolute atomic E-state index is 0.0255. The predicted molar refractivity (Wildman–Crippen MR) is 106 cm³/mol. The van der Waals surface area contributed by atoms with Crippen molar-refractivity contribution >= 4 is 5.82 Å². The fraction of sp³-hybridized carbons (Fsp3) is 0.550. The van der Waals surface area contributed by atoms with Gasteiger partial charge in [-0.1, -0.05) is 37.6 Å². The first kappa shape index (κ1) is 22.6. The molecule has 1 heterocycles. The second kappa shape index (κ2) is 13.0. The van der Waals surface area contributed by atoms with E-state index in [9.17, 15) is 4.79 Å². The number of H-pyrrole nitrogens is 1. The average molecular weight is 345 g/mol. The first-order valence-electron chi connectivity index (χ1n) is 8.92. The number of allylic oxidation sites excluding steroid dienone is 4. The molecule has 5 heteroatoms. The summed E-state index contributed by atoms with van der Waals surface area (Å²) in [6.07, 6.45) is 11.3. The largest absolute Gasteiger partial charge is 0.367 e. The molecule has 0 saturated carbocycles. The topological polar surface area (TPSA) is 81.6 Å². The average Bonchev–Trinajstić information content (AvgIpc) is 2.60. The molecule has 1 aromatic heterocycles. The maximum absolute atomic E-state index is 12.0. The highest BCUT2D eigenvalue weighted by molar-refractivity contribution is 5.43. The summed E-state index contributed by atoms with van der Waals surface area (Å²) in [6.45, 7) is 13.7. The molecule has 0 aliphatic heterocycles. The summed E-state index contributed by atoms with van der Waals surface area (Å²) in [7, 11) is 0. The summed E-state index contributed by atoms with van der Waals surface area (Å²) in [5, 5.41) is 9.98. The molecule has 0 aliphatic carbocycles. The van der Waals surface area contributed by atoms with Gasteiger partial charge in [0.05, 0.1) is 5.56 Å². The van der Waals surface area contributed by atoms with Crippen molar-refractivity contribution in [3.8, 4) is 6.57 Å². The van der Waals surface area contributed by atoms with Gasteiger partial charge in [-0.15, -0.1) is 0 Å². The van der Waals surface area contributed by atoms with E-state index in [-0.39, 0.29) is 5.56 Å². The van der Waals surface area contributed by atoms with E-state index in [4.69, 9.17) is 5.26 Å². The Hall–Kier alpha value is -2.35. The van der Waals surface area contributed by atoms with Gasteiger partial charge >= 0.3 is 0 Å². The minimum Gasteiger partial charge on any atom is -0.367 e. The van der Waals surface area contributed by atoms with E-state index >= 15 is 0 Å². The van der Waals surface area contributed by atoms with Crippen LogP contribution >= 0.6 is 0 Å². The molecule has 138 valence electrons. The van der Waals surface area contributed by atoms with E-state index in [1.165, 1.54) is 5.57 Å². The van der Waals surface area contributed by atoms with Crippen molar-refractivity contribution in [2.24, 2.45) is 0 Å². The van der Waals surface area contributed by atoms with Crippen molar-refractivity contribution in [2.45, 2.75) is 72.8 Å². The van der Waals surface area contributed by atoms with Gasteiger partial charge in [0.25, 0.3) is 5.56 Å². The van der Waals surface area contributed by atoms with Gasteiger partial charge in [0.1, 0.15) is 11.6 Å². The summed E-state index contributed by atoms with van der Waals surface area (Å²) in [4.78, 5) is 19.3. The third-order valence-corrected chi connectivity index (χ3v) is 4.02. The summed E-state index contributed by atoms with van der Waals surface area (Å²) in [6, 6.07) is 0.350. The van der Waals surface area contributed by atoms with Crippen LogP contribution in [0.25, 0.3) is 0 Å². The van der Waals surface area contributed by atoms with Crippen molar-refractivity contribution in [3.05, 3.63) is 45.5 Å². The van der Waals surface area contributed by atoms with Crippen LogP contribution in [0.3, 0.4) is 0 Å². The lowest BCUT2D eigenvalue weighted by Crippen LogP contribution is -2.25. The van der Waals surface area contributed by atoms with Crippen LogP contribution < -0.4 is 10.9 Å². The number of hydrogen-bond acceptors (Lipinski definition) is 4. The lowest BCUT2D eigenvalue weighted by atomic mass is 10.0. The number of rotatable bonds is 9. The van der Waals surface area contributed by atoms with Crippen molar-refractivity contribution < 1.29 is 0 Å². The first-order valence-corrected chi connectivity index (χ1v) is 8.92. The normalized spacial score (nSPS) is 12.5. The van der Waals surface area contributed by atoms with Crippen molar-refractivity contribution in [1.29, 1.82) is 5.26 Å². The maximum atomic E-state index is 12.0. The molecule has 0 saturated heterocycles. The summed E-state index contributed by atoms with van der Waals surface area (Å²) in [5.41, 5.74) is 2.12. The Balaban J connectivity index is 0.00000277. The number of anilines is 1. The lowest BCUT2D eigenvalue weighted by Gasteiger charge is -2.19. The molecule has 0 aliphatic rings. The Bertz CT molecular complexity index is 641. The third-order valence-electron chi connectivity index (χ3n) is 4.02. The minimum atomic E-state index is -0.0255. The van der Waals surface area contributed by atoms with E-state index in [0.29, 0.717) is 18.3 Å². The van der Waals surface area contributed by atoms with Gasteiger partial charge < -0.3 is 10.3 Å². The van der Waals surface area contributed by atoms with Gasteiger partial charge in [0.2, 0.25) is 0 Å². The second-order valence-corrected chi connectivity index (χ2v) is 6.01. The summed E-state index contributed by atoms with van der Waals surface area (Å²) >= 11 is 0. The molecule has 0 radical (unpaired) electrons. The van der Waals surface area contributed by atoms with Crippen molar-refractivity contribution in [1.82, 2.24) is 9.97 Å². The van der Waals surface area contributed by atoms with E-state index in [1.807, 2.05) is 26.8 Å². The van der Waals surface area contributed by atoms with Gasteiger partial charge in [-0.3, -0.25) is 4.79 Å². The number of hydrogen-bond donors (Lipinski definition) is 2. The molecule has 0 aromatic carbocycles. The third kappa shape index (κ3) is 8.35. The fourth-order valence-electron chi connectivity index (χ4n) is 2.60. The van der Waals surface area contributed by atoms with E-state index in [1.54, 1.807) is 0 Å². The molecular formula is C20H32N4O. The van der Waals surface area contributed by atoms with Gasteiger partial charge in [-0.25, -0.2) is 10.2 Å². The zero-order chi connectivity index (χ0) is 19.2. The van der Waals surface area contributed by atoms with Crippen LogP contribution in [0.2, 0.25) is 0 Å². The molecule has 0 amide bonds. The Kier molecular flexibility index (Phi) is 11.8. The second-order valence-electron chi connectivity index (χ2n) is 6.01. The number of aromatic amines is 1. The number of nitrogens with zero attached hydrogens (tertiary/aromatic N) is 2. The Labute approximate surface area is 151 Å². The molecule has 0 bridgehead atoms. The molecule has 0 fully saturated rings. The molecule has 1 aromatic rings. The SMILES string of the molecule is C#N.C/C=C\C=C(/C)CCCC(CC)Nc1nc(C)[nH]c(=O)c1CC. The molecule has 1 atom stereocenters. The predicted octanol–water partition coefficient (Wildman–Crippen LogP) is 4.66. The lowest BCUT2D eigenvalue weighted by molar-refractivity contribution is 0.595. The highest BCUT2D eigenvalue weighted by Gasteiger charge is 2.13. The van der Waals surface area contributed by atoms with Crippen LogP contribution in [0, 0.1) is 18.8 Å². The van der Waals surface area contributed by atoms with Crippen LogP contribution in [0.4, 0.5) is 5.82 Å². The zero-order valence-electron chi connectivity index (χ0n) is 16.2. The van der Waals surface area contributed by atoms with Crippen molar-refractivity contribution in [3.63, 3.8) is 0 Å². The molecule has 1 unspecified atom stereocenters. The number of aryl methyl sites for hydroxylation is 1. The van der Waals surface area contributed by atoms with Crippen LogP contribution in [0.1, 0.15) is 64.8 Å². The smallest absolute Gasteiger partial charge is 0.256 e. The Morgan fingerprint density at radius 3 is 2.64 bits per heavy atom. The number of nitriles is 1. The maximum Gasteiger partial charge on any atom is 0.256 e. The van der Waals surface area contributed by atoms with Crippen LogP contribution in [-0.4, -0.2) is 16.0 Å². The highest BCUT2D eigenvalue weighted by Crippen LogP contribution is 2.16. The van der Waals surface area contributed by atoms with E-state index in [2.05, 4.69) is 47.9 Å². The Morgan fingerprint density at radius 1 is 1.40 bits per heavy atom. The highest BCUT2D eigenvalue weighted by atomic mass is 16.1. The van der Waals surface area contributed by atoms with E-state index in [0.717, 1.165) is 37.1 Å². The van der Waals surface area contributed by atoms with Gasteiger partial charge in [-0.05, 0) is 52.9 Å². The van der Waals surface area contributed by atoms with Gasteiger partial charge in [0.15, 0.2) is 0 Å². The Morgan fingerprint density at radius 2 is 2.08 bits per heavy atom. The van der Waals surface area contributed by atoms with Gasteiger partial charge in [-0.2, -0.15) is 0 Å². The van der Waals surface area contributed by atoms with Crippen LogP contribution in [-0.2, 0) is 6.42 Å². The summed E-state index contributed by atoms with van der Waals surface area (Å²) < 4.78 is 0. The van der Waals surface area contributed by atoms with Gasteiger partial charge in [0, 0.05) is 12.6 Å². The summed E-state index contributed by atoms with van der Waals surface area (Å²) in [5.74, 6) is 1.41. The van der Waals surface area contributed by atoms with Crippen molar-refractivity contribution in [2.75, 3.05) is 5.32 Å². The van der Waals surface area contributed by atoms with E-state index < -0.39 is 0 Å². The van der Waals surface area contributed by atoms with Crippen LogP contribution in [0.5, 0.6) is 0 Å². The molecule has 0 spiro atoms. The monoisotopic (exact) mass is 344 g/mol. The number of nitrogens with one attached hydrogen (secondary N) is 2. The molecule has 2 N–H and O–H groups in total. The quantitative estimate of drug-likeness (QED) is 0.638.